The van der Waals surface area contributed by atoms with Gasteiger partial charge in [0.05, 0.1) is 60.7 Å². The topological polar surface area (TPSA) is 214 Å². The van der Waals surface area contributed by atoms with E-state index in [1.54, 1.807) is 24.3 Å². The number of nitrogens with one attached hydrogen (secondary N) is 4. The van der Waals surface area contributed by atoms with Crippen molar-refractivity contribution >= 4 is 40.7 Å². The lowest BCUT2D eigenvalue weighted by Gasteiger charge is -2.37. The smallest absolute Gasteiger partial charge is 0.256 e. The van der Waals surface area contributed by atoms with Crippen LogP contribution in [0.25, 0.3) is 21.6 Å². The third-order valence-electron chi connectivity index (χ3n) is 14.1. The van der Waals surface area contributed by atoms with E-state index in [-0.39, 0.29) is 75.4 Å². The van der Waals surface area contributed by atoms with Crippen molar-refractivity contribution in [3.05, 3.63) is 122 Å². The number of anilines is 1. The number of hydrogen-bond acceptors (Lipinski definition) is 13. The molecule has 0 radical (unpaired) electrons. The van der Waals surface area contributed by atoms with E-state index >= 15 is 0 Å². The average molecular weight is 1070 g/mol. The van der Waals surface area contributed by atoms with Gasteiger partial charge in [0, 0.05) is 61.3 Å². The molecular weight excluding hydrogens is 999 g/mol. The zero-order valence-electron chi connectivity index (χ0n) is 45.7. The monoisotopic (exact) mass is 1070 g/mol. The SMILES string of the molecule is CCN(c1cc(-c2ccc(C#CCOCCOCC(=O)NC(C(=O)N3C[C@H](O)C[C@H]3C(=O)N[C@@H](C)c3ccc(-c4scnc4C)cc3)C(C)(C)C)cc2)cc(C(=O)NCc2c(OC)cc(C)[nH]c2=O)c1C)C1CCOCC1. The minimum Gasteiger partial charge on any atom is -0.496 e. The lowest BCUT2D eigenvalue weighted by Crippen LogP contribution is -2.58. The summed E-state index contributed by atoms with van der Waals surface area (Å²) in [6.45, 7) is 17.3. The number of methoxy groups -OCH3 is 1. The molecule has 0 saturated carbocycles. The van der Waals surface area contributed by atoms with Gasteiger partial charge < -0.3 is 54.8 Å². The van der Waals surface area contributed by atoms with Crippen molar-refractivity contribution in [2.45, 2.75) is 111 Å². The summed E-state index contributed by atoms with van der Waals surface area (Å²) in [5.74, 6) is 4.90. The van der Waals surface area contributed by atoms with Gasteiger partial charge in [0.25, 0.3) is 11.5 Å². The number of likely N-dealkylation sites (tertiary alicyclic amines) is 1. The zero-order valence-corrected chi connectivity index (χ0v) is 46.5. The van der Waals surface area contributed by atoms with Gasteiger partial charge in [-0.05, 0) is 111 Å². The number of carbonyl (C=O) groups excluding carboxylic acids is 4. The lowest BCUT2D eigenvalue weighted by atomic mass is 9.85. The fourth-order valence-electron chi connectivity index (χ4n) is 9.83. The molecule has 5 N–H and O–H groups in total. The van der Waals surface area contributed by atoms with E-state index in [1.165, 1.54) is 12.0 Å². The molecule has 2 saturated heterocycles. The fourth-order valence-corrected chi connectivity index (χ4v) is 10.6. The minimum atomic E-state index is -0.999. The number of thiazole rings is 1. The average Bonchev–Trinajstić information content (AvgIpc) is 4.03. The van der Waals surface area contributed by atoms with Crippen molar-refractivity contribution < 1.29 is 43.2 Å². The molecule has 4 heterocycles. The molecule has 2 aliphatic heterocycles. The Morgan fingerprint density at radius 3 is 2.32 bits per heavy atom. The summed E-state index contributed by atoms with van der Waals surface area (Å²) in [5.41, 5.74) is 9.46. The molecule has 0 aliphatic carbocycles. The van der Waals surface area contributed by atoms with E-state index in [4.69, 9.17) is 18.9 Å². The summed E-state index contributed by atoms with van der Waals surface area (Å²) in [4.78, 5) is 79.8. The van der Waals surface area contributed by atoms with Crippen LogP contribution < -0.4 is 31.1 Å². The number of aliphatic hydroxyl groups excluding tert-OH is 1. The summed E-state index contributed by atoms with van der Waals surface area (Å²) in [7, 11) is 1.50. The Balaban J connectivity index is 0.902. The number of amides is 4. The van der Waals surface area contributed by atoms with Gasteiger partial charge in [0.2, 0.25) is 17.7 Å². The van der Waals surface area contributed by atoms with Crippen LogP contribution in [0.4, 0.5) is 5.69 Å². The van der Waals surface area contributed by atoms with Gasteiger partial charge in [0.15, 0.2) is 0 Å². The highest BCUT2D eigenvalue weighted by molar-refractivity contribution is 7.13. The maximum Gasteiger partial charge on any atom is 0.256 e. The third-order valence-corrected chi connectivity index (χ3v) is 15.1. The Kier molecular flexibility index (Phi) is 19.9. The number of rotatable bonds is 20. The fraction of sp³-hybridized carbons (Fsp3) is 0.458. The van der Waals surface area contributed by atoms with Gasteiger partial charge in [0.1, 0.15) is 31.0 Å². The van der Waals surface area contributed by atoms with Crippen molar-refractivity contribution in [3.8, 4) is 39.2 Å². The predicted octanol–water partition coefficient (Wildman–Crippen LogP) is 6.79. The van der Waals surface area contributed by atoms with Crippen molar-refractivity contribution in [2.24, 2.45) is 5.41 Å². The first kappa shape index (κ1) is 57.8. The second-order valence-electron chi connectivity index (χ2n) is 20.7. The zero-order chi connectivity index (χ0) is 55.4. The highest BCUT2D eigenvalue weighted by atomic mass is 32.1. The molecule has 18 heteroatoms. The molecule has 77 heavy (non-hydrogen) atoms. The standard InChI is InChI=1S/C59H73N7O10S/c1-10-65(45-21-24-75-25-22-45)49-30-44(29-47(37(49)3)55(69)60-32-48-51(73-9)28-36(2)62-56(48)70)42-15-13-40(14-16-42)12-11-23-74-26-27-76-34-52(68)64-54(59(6,7)8)58(72)66-33-46(67)31-50(66)57(71)63-38(4)41-17-19-43(20-18-41)53-39(5)61-35-77-53/h13-20,28-30,35,38,45-46,50,54,67H,10,21-27,31-34H2,1-9H3,(H,60,69)(H,62,70)(H,63,71)(H,64,68)/t38-,46+,50-,54?/m0/s1. The molecule has 3 aromatic carbocycles. The number of carbonyl (C=O) groups is 4. The maximum absolute atomic E-state index is 14.1. The van der Waals surface area contributed by atoms with Crippen LogP contribution in [0.3, 0.4) is 0 Å². The largest absolute Gasteiger partial charge is 0.496 e. The number of aromatic amines is 1. The first-order chi connectivity index (χ1) is 36.9. The Morgan fingerprint density at radius 1 is 0.961 bits per heavy atom. The van der Waals surface area contributed by atoms with Crippen LogP contribution in [-0.4, -0.2) is 128 Å². The summed E-state index contributed by atoms with van der Waals surface area (Å²) < 4.78 is 22.4. The molecule has 410 valence electrons. The molecule has 7 rings (SSSR count). The lowest BCUT2D eigenvalue weighted by molar-refractivity contribution is -0.144. The number of aliphatic hydroxyl groups is 1. The van der Waals surface area contributed by atoms with E-state index in [1.807, 2.05) is 102 Å². The first-order valence-electron chi connectivity index (χ1n) is 26.2. The molecule has 0 spiro atoms. The summed E-state index contributed by atoms with van der Waals surface area (Å²) in [5, 5.41) is 19.5. The molecule has 1 unspecified atom stereocenters. The normalized spacial score (nSPS) is 16.5. The Morgan fingerprint density at radius 2 is 1.66 bits per heavy atom. The van der Waals surface area contributed by atoms with E-state index in [9.17, 15) is 29.1 Å². The van der Waals surface area contributed by atoms with E-state index in [0.717, 1.165) is 69.0 Å². The number of benzene rings is 3. The number of aryl methyl sites for hydroxylation is 2. The second-order valence-corrected chi connectivity index (χ2v) is 21.5. The van der Waals surface area contributed by atoms with Crippen LogP contribution in [0, 0.1) is 38.0 Å². The predicted molar refractivity (Wildman–Crippen MR) is 298 cm³/mol. The highest BCUT2D eigenvalue weighted by Gasteiger charge is 2.45. The molecule has 2 fully saturated rings. The van der Waals surface area contributed by atoms with Gasteiger partial charge in [-0.3, -0.25) is 24.0 Å². The number of pyridine rings is 1. The molecule has 2 aliphatic rings. The Hall–Kier alpha value is -6.88. The minimum absolute atomic E-state index is 0.0123. The van der Waals surface area contributed by atoms with Gasteiger partial charge >= 0.3 is 0 Å². The molecule has 4 amide bonds. The maximum atomic E-state index is 14.1. The molecule has 5 aromatic rings. The number of ether oxygens (including phenoxy) is 4. The van der Waals surface area contributed by atoms with Crippen molar-refractivity contribution in [1.29, 1.82) is 0 Å². The van der Waals surface area contributed by atoms with Gasteiger partial charge in [-0.2, -0.15) is 0 Å². The van der Waals surface area contributed by atoms with Crippen molar-refractivity contribution in [3.63, 3.8) is 0 Å². The number of H-pyrrole nitrogens is 1. The van der Waals surface area contributed by atoms with Crippen LogP contribution >= 0.6 is 11.3 Å². The van der Waals surface area contributed by atoms with Crippen molar-refractivity contribution in [1.82, 2.24) is 30.8 Å². The Labute approximate surface area is 455 Å². The van der Waals surface area contributed by atoms with Gasteiger partial charge in [-0.15, -0.1) is 11.3 Å². The summed E-state index contributed by atoms with van der Waals surface area (Å²) in [6.07, 6.45) is 0.932. The number of nitrogens with zero attached hydrogens (tertiary/aromatic N) is 3. The van der Waals surface area contributed by atoms with Gasteiger partial charge in [-0.25, -0.2) is 4.98 Å². The highest BCUT2D eigenvalue weighted by Crippen LogP contribution is 2.35. The molecular formula is C59H73N7O10S. The quantitative estimate of drug-likeness (QED) is 0.0403. The summed E-state index contributed by atoms with van der Waals surface area (Å²) >= 11 is 1.57. The summed E-state index contributed by atoms with van der Waals surface area (Å²) in [6, 6.07) is 19.4. The number of β-amino-alcohol motifs (C(OH)–C–C–N with tert-alkyl or cyclic N) is 1. The van der Waals surface area contributed by atoms with E-state index in [2.05, 4.69) is 55.6 Å². The van der Waals surface area contributed by atoms with Crippen LogP contribution in [0.5, 0.6) is 5.75 Å². The first-order valence-corrected chi connectivity index (χ1v) is 27.1. The number of hydrogen-bond donors (Lipinski definition) is 5. The Bertz CT molecular complexity index is 2990. The van der Waals surface area contributed by atoms with Crippen LogP contribution in [0.2, 0.25) is 0 Å². The molecule has 0 bridgehead atoms. The van der Waals surface area contributed by atoms with E-state index < -0.39 is 35.4 Å². The molecule has 2 aromatic heterocycles. The van der Waals surface area contributed by atoms with Crippen LogP contribution in [0.1, 0.15) is 104 Å². The van der Waals surface area contributed by atoms with Crippen LogP contribution in [-0.2, 0) is 35.1 Å². The molecule has 17 nitrogen and oxygen atoms in total. The molecule has 4 atom stereocenters. The van der Waals surface area contributed by atoms with Crippen molar-refractivity contribution in [2.75, 3.05) is 64.7 Å². The van der Waals surface area contributed by atoms with E-state index in [0.29, 0.717) is 35.8 Å². The number of aromatic nitrogens is 2. The third kappa shape index (κ3) is 14.8. The second kappa shape index (κ2) is 26.4. The van der Waals surface area contributed by atoms with Crippen LogP contribution in [0.15, 0.2) is 77.0 Å². The van der Waals surface area contributed by atoms with Gasteiger partial charge in [-0.1, -0.05) is 69.0 Å².